The zero-order chi connectivity index (χ0) is 16.9. The molecule has 24 heavy (non-hydrogen) atoms. The number of hydrogen-bond acceptors (Lipinski definition) is 4. The molecule has 3 rings (SSSR count). The SMILES string of the molecule is Cc1cc(C(=O)N/N=C\c2cnn(Cc3ccccc3)c2)c(C)o1. The van der Waals surface area contributed by atoms with Gasteiger partial charge in [0.05, 0.1) is 24.5 Å². The fourth-order valence-electron chi connectivity index (χ4n) is 2.39. The summed E-state index contributed by atoms with van der Waals surface area (Å²) in [5.41, 5.74) is 4.97. The Kier molecular flexibility index (Phi) is 4.56. The third kappa shape index (κ3) is 3.78. The van der Waals surface area contributed by atoms with Gasteiger partial charge in [-0.15, -0.1) is 0 Å². The first kappa shape index (κ1) is 15.7. The van der Waals surface area contributed by atoms with Gasteiger partial charge in [0.25, 0.3) is 5.91 Å². The molecule has 0 unspecified atom stereocenters. The molecular formula is C18H18N4O2. The van der Waals surface area contributed by atoms with Gasteiger partial charge < -0.3 is 4.42 Å². The fraction of sp³-hybridized carbons (Fsp3) is 0.167. The minimum atomic E-state index is -0.294. The molecule has 2 aromatic heterocycles. The highest BCUT2D eigenvalue weighted by Gasteiger charge is 2.12. The number of nitrogens with zero attached hydrogens (tertiary/aromatic N) is 3. The highest BCUT2D eigenvalue weighted by molar-refractivity contribution is 5.95. The highest BCUT2D eigenvalue weighted by atomic mass is 16.3. The van der Waals surface area contributed by atoms with Crippen molar-refractivity contribution in [2.75, 3.05) is 0 Å². The minimum absolute atomic E-state index is 0.294. The summed E-state index contributed by atoms with van der Waals surface area (Å²) in [6.07, 6.45) is 5.14. The van der Waals surface area contributed by atoms with Crippen LogP contribution in [0.25, 0.3) is 0 Å². The maximum absolute atomic E-state index is 12.0. The van der Waals surface area contributed by atoms with Crippen molar-refractivity contribution in [1.29, 1.82) is 0 Å². The Labute approximate surface area is 139 Å². The van der Waals surface area contributed by atoms with E-state index in [-0.39, 0.29) is 5.91 Å². The molecule has 0 spiro atoms. The fourth-order valence-corrected chi connectivity index (χ4v) is 2.39. The predicted octanol–water partition coefficient (Wildman–Crippen LogP) is 2.91. The number of benzene rings is 1. The van der Waals surface area contributed by atoms with Crippen LogP contribution in [-0.2, 0) is 6.54 Å². The van der Waals surface area contributed by atoms with Crippen LogP contribution in [0.2, 0.25) is 0 Å². The second-order valence-corrected chi connectivity index (χ2v) is 5.48. The van der Waals surface area contributed by atoms with Crippen LogP contribution in [0.1, 0.15) is 33.0 Å². The van der Waals surface area contributed by atoms with Crippen molar-refractivity contribution < 1.29 is 9.21 Å². The summed E-state index contributed by atoms with van der Waals surface area (Å²) in [6, 6.07) is 11.8. The molecule has 6 heteroatoms. The molecule has 0 bridgehead atoms. The van der Waals surface area contributed by atoms with Crippen LogP contribution in [0.3, 0.4) is 0 Å². The first-order valence-electron chi connectivity index (χ1n) is 7.58. The van der Waals surface area contributed by atoms with Crippen LogP contribution in [0.15, 0.2) is 58.3 Å². The molecule has 0 saturated heterocycles. The van der Waals surface area contributed by atoms with Gasteiger partial charge in [-0.2, -0.15) is 10.2 Å². The number of rotatable bonds is 5. The molecule has 0 saturated carbocycles. The molecular weight excluding hydrogens is 304 g/mol. The van der Waals surface area contributed by atoms with Gasteiger partial charge in [0.2, 0.25) is 0 Å². The molecule has 0 radical (unpaired) electrons. The quantitative estimate of drug-likeness (QED) is 0.580. The summed E-state index contributed by atoms with van der Waals surface area (Å²) < 4.78 is 7.16. The lowest BCUT2D eigenvalue weighted by molar-refractivity contribution is 0.0953. The van der Waals surface area contributed by atoms with Gasteiger partial charge in [-0.05, 0) is 25.5 Å². The first-order chi connectivity index (χ1) is 11.6. The average molecular weight is 322 g/mol. The summed E-state index contributed by atoms with van der Waals surface area (Å²) in [7, 11) is 0. The van der Waals surface area contributed by atoms with Crippen molar-refractivity contribution in [3.05, 3.63) is 77.0 Å². The highest BCUT2D eigenvalue weighted by Crippen LogP contribution is 2.13. The summed E-state index contributed by atoms with van der Waals surface area (Å²) in [5.74, 6) is 0.983. The maximum atomic E-state index is 12.0. The Balaban J connectivity index is 1.59. The molecule has 0 atom stereocenters. The van der Waals surface area contributed by atoms with E-state index in [0.29, 0.717) is 23.6 Å². The first-order valence-corrected chi connectivity index (χ1v) is 7.58. The van der Waals surface area contributed by atoms with Crippen LogP contribution in [0, 0.1) is 13.8 Å². The Morgan fingerprint density at radius 3 is 2.83 bits per heavy atom. The zero-order valence-electron chi connectivity index (χ0n) is 13.6. The normalized spacial score (nSPS) is 11.1. The number of aromatic nitrogens is 2. The number of carbonyl (C=O) groups excluding carboxylic acids is 1. The Morgan fingerprint density at radius 1 is 1.33 bits per heavy atom. The van der Waals surface area contributed by atoms with E-state index < -0.39 is 0 Å². The summed E-state index contributed by atoms with van der Waals surface area (Å²) in [5, 5.41) is 8.25. The third-order valence-electron chi connectivity index (χ3n) is 3.51. The van der Waals surface area contributed by atoms with Gasteiger partial charge >= 0.3 is 0 Å². The van der Waals surface area contributed by atoms with Gasteiger partial charge in [-0.3, -0.25) is 9.48 Å². The topological polar surface area (TPSA) is 72.4 Å². The van der Waals surface area contributed by atoms with Crippen molar-refractivity contribution in [2.45, 2.75) is 20.4 Å². The third-order valence-corrected chi connectivity index (χ3v) is 3.51. The van der Waals surface area contributed by atoms with Gasteiger partial charge in [0.15, 0.2) is 0 Å². The molecule has 1 N–H and O–H groups in total. The molecule has 1 aromatic carbocycles. The molecule has 0 fully saturated rings. The van der Waals surface area contributed by atoms with Crippen LogP contribution < -0.4 is 5.43 Å². The zero-order valence-corrected chi connectivity index (χ0v) is 13.6. The Morgan fingerprint density at radius 2 is 2.12 bits per heavy atom. The second-order valence-electron chi connectivity index (χ2n) is 5.48. The number of hydrazone groups is 1. The van der Waals surface area contributed by atoms with E-state index in [1.165, 1.54) is 5.56 Å². The van der Waals surface area contributed by atoms with E-state index in [1.807, 2.05) is 41.2 Å². The number of aryl methyl sites for hydroxylation is 2. The van der Waals surface area contributed by atoms with Crippen molar-refractivity contribution in [3.8, 4) is 0 Å². The molecule has 0 aliphatic heterocycles. The summed E-state index contributed by atoms with van der Waals surface area (Å²) in [6.45, 7) is 4.24. The molecule has 3 aromatic rings. The van der Waals surface area contributed by atoms with Crippen molar-refractivity contribution >= 4 is 12.1 Å². The molecule has 0 aliphatic carbocycles. The van der Waals surface area contributed by atoms with E-state index in [9.17, 15) is 4.79 Å². The predicted molar refractivity (Wildman–Crippen MR) is 91.0 cm³/mol. The molecule has 6 nitrogen and oxygen atoms in total. The van der Waals surface area contributed by atoms with Crippen LogP contribution in [0.4, 0.5) is 0 Å². The van der Waals surface area contributed by atoms with E-state index in [2.05, 4.69) is 15.6 Å². The van der Waals surface area contributed by atoms with Crippen molar-refractivity contribution in [3.63, 3.8) is 0 Å². The maximum Gasteiger partial charge on any atom is 0.274 e. The van der Waals surface area contributed by atoms with E-state index >= 15 is 0 Å². The lowest BCUT2D eigenvalue weighted by Crippen LogP contribution is -2.17. The average Bonchev–Trinajstić information content (AvgIpc) is 3.14. The lowest BCUT2D eigenvalue weighted by atomic mass is 10.2. The van der Waals surface area contributed by atoms with Gasteiger partial charge in [-0.25, -0.2) is 5.43 Å². The summed E-state index contributed by atoms with van der Waals surface area (Å²) in [4.78, 5) is 12.0. The Bertz CT molecular complexity index is 862. The number of furan rings is 1. The molecule has 2 heterocycles. The second kappa shape index (κ2) is 6.95. The molecule has 122 valence electrons. The number of carbonyl (C=O) groups is 1. The molecule has 0 aliphatic rings. The van der Waals surface area contributed by atoms with Gasteiger partial charge in [0.1, 0.15) is 11.5 Å². The monoisotopic (exact) mass is 322 g/mol. The van der Waals surface area contributed by atoms with E-state index in [4.69, 9.17) is 4.42 Å². The largest absolute Gasteiger partial charge is 0.466 e. The van der Waals surface area contributed by atoms with E-state index in [1.54, 1.807) is 32.3 Å². The number of amides is 1. The number of hydrogen-bond donors (Lipinski definition) is 1. The number of nitrogens with one attached hydrogen (secondary N) is 1. The minimum Gasteiger partial charge on any atom is -0.466 e. The van der Waals surface area contributed by atoms with Crippen LogP contribution >= 0.6 is 0 Å². The van der Waals surface area contributed by atoms with Crippen molar-refractivity contribution in [2.24, 2.45) is 5.10 Å². The molecule has 1 amide bonds. The van der Waals surface area contributed by atoms with Crippen molar-refractivity contribution in [1.82, 2.24) is 15.2 Å². The lowest BCUT2D eigenvalue weighted by Gasteiger charge is -2.00. The van der Waals surface area contributed by atoms with Crippen LogP contribution in [0.5, 0.6) is 0 Å². The van der Waals surface area contributed by atoms with Crippen LogP contribution in [-0.4, -0.2) is 21.9 Å². The Hall–Kier alpha value is -3.15. The smallest absolute Gasteiger partial charge is 0.274 e. The summed E-state index contributed by atoms with van der Waals surface area (Å²) >= 11 is 0. The van der Waals surface area contributed by atoms with E-state index in [0.717, 1.165) is 5.56 Å². The van der Waals surface area contributed by atoms with Gasteiger partial charge in [-0.1, -0.05) is 30.3 Å². The standard InChI is InChI=1S/C18H18N4O2/c1-13-8-17(14(2)24-13)18(23)21-19-9-16-10-20-22(12-16)11-15-6-4-3-5-7-15/h3-10,12H,11H2,1-2H3,(H,21,23)/b19-9-. The van der Waals surface area contributed by atoms with Gasteiger partial charge in [0, 0.05) is 11.8 Å².